The van der Waals surface area contributed by atoms with Crippen molar-refractivity contribution in [2.75, 3.05) is 0 Å². The van der Waals surface area contributed by atoms with Gasteiger partial charge in [-0.15, -0.1) is 0 Å². The lowest BCUT2D eigenvalue weighted by Gasteiger charge is -2.09. The number of urea groups is 1. The lowest BCUT2D eigenvalue weighted by molar-refractivity contribution is 0.247. The van der Waals surface area contributed by atoms with E-state index in [0.29, 0.717) is 17.3 Å². The predicted octanol–water partition coefficient (Wildman–Crippen LogP) is 1.44. The minimum Gasteiger partial charge on any atom is -0.350 e. The molecule has 0 radical (unpaired) electrons. The molecule has 1 aliphatic heterocycles. The molecule has 1 aliphatic rings. The highest BCUT2D eigenvalue weighted by Gasteiger charge is 2.10. The highest BCUT2D eigenvalue weighted by atomic mass is 35.5. The van der Waals surface area contributed by atoms with Crippen LogP contribution in [0.1, 0.15) is 11.1 Å². The van der Waals surface area contributed by atoms with E-state index in [1.165, 1.54) is 0 Å². The molecule has 1 aromatic rings. The van der Waals surface area contributed by atoms with E-state index in [2.05, 4.69) is 15.8 Å². The number of hydrogen-bond donors (Lipinski definition) is 3. The third-order valence-corrected chi connectivity index (χ3v) is 2.63. The number of primary amides is 1. The number of carbonyl (C=O) groups is 1. The molecule has 1 heterocycles. The molecule has 0 aromatic heterocycles. The molecule has 17 heavy (non-hydrogen) atoms. The summed E-state index contributed by atoms with van der Waals surface area (Å²) in [5, 5.41) is 0.679. The Kier molecular flexibility index (Phi) is 3.30. The predicted molar refractivity (Wildman–Crippen MR) is 67.5 cm³/mol. The van der Waals surface area contributed by atoms with Gasteiger partial charge in [-0.2, -0.15) is 0 Å². The Morgan fingerprint density at radius 1 is 1.47 bits per heavy atom. The molecule has 6 heteroatoms. The molecule has 88 valence electrons. The van der Waals surface area contributed by atoms with Gasteiger partial charge in [0, 0.05) is 17.6 Å². The maximum atomic E-state index is 10.6. The third kappa shape index (κ3) is 2.76. The Morgan fingerprint density at radius 3 is 3.06 bits per heavy atom. The molecule has 4 N–H and O–H groups in total. The van der Waals surface area contributed by atoms with E-state index in [4.69, 9.17) is 17.3 Å². The van der Waals surface area contributed by atoms with Crippen LogP contribution in [0.15, 0.2) is 29.4 Å². The summed E-state index contributed by atoms with van der Waals surface area (Å²) in [6.07, 6.45) is 4.00. The average Bonchev–Trinajstić information content (AvgIpc) is 2.49. The average molecular weight is 251 g/mol. The van der Waals surface area contributed by atoms with Crippen molar-refractivity contribution in [1.29, 1.82) is 0 Å². The highest BCUT2D eigenvalue weighted by molar-refractivity contribution is 6.32. The first-order valence-corrected chi connectivity index (χ1v) is 5.36. The van der Waals surface area contributed by atoms with Gasteiger partial charge in [0.05, 0.1) is 0 Å². The number of hydrogen-bond acceptors (Lipinski definition) is 3. The van der Waals surface area contributed by atoms with E-state index in [-0.39, 0.29) is 0 Å². The lowest BCUT2D eigenvalue weighted by Crippen LogP contribution is -2.45. The number of amides is 2. The number of fused-ring (bicyclic) bond motifs is 1. The van der Waals surface area contributed by atoms with Crippen molar-refractivity contribution in [3.05, 3.63) is 40.5 Å². The second kappa shape index (κ2) is 4.88. The number of nitrogens with two attached hydrogens (primary N) is 1. The molecular weight excluding hydrogens is 240 g/mol. The Bertz CT molecular complexity index is 510. The molecule has 2 amide bonds. The molecular formula is C11H11ClN4O. The van der Waals surface area contributed by atoms with E-state index in [1.807, 2.05) is 24.3 Å². The zero-order chi connectivity index (χ0) is 12.3. The first-order valence-electron chi connectivity index (χ1n) is 4.99. The molecule has 0 unspecified atom stereocenters. The van der Waals surface area contributed by atoms with Crippen LogP contribution in [0.25, 0.3) is 6.08 Å². The molecule has 2 rings (SSSR count). The maximum absolute atomic E-state index is 10.6. The molecule has 1 aromatic carbocycles. The number of halogens is 1. The van der Waals surface area contributed by atoms with Crippen LogP contribution in [0.4, 0.5) is 4.79 Å². The molecule has 0 spiro atoms. The SMILES string of the molecule is NC(=O)NNC1=NC=Cc2c(Cl)cccc2C1. The molecule has 0 aliphatic carbocycles. The van der Waals surface area contributed by atoms with Gasteiger partial charge in [0.25, 0.3) is 0 Å². The van der Waals surface area contributed by atoms with E-state index in [9.17, 15) is 4.79 Å². The number of nitrogens with zero attached hydrogens (tertiary/aromatic N) is 1. The minimum atomic E-state index is -0.660. The number of amidine groups is 1. The van der Waals surface area contributed by atoms with Crippen molar-refractivity contribution >= 4 is 29.5 Å². The Hall–Kier alpha value is -2.01. The van der Waals surface area contributed by atoms with Crippen molar-refractivity contribution < 1.29 is 4.79 Å². The van der Waals surface area contributed by atoms with Gasteiger partial charge in [0.2, 0.25) is 0 Å². The second-order valence-corrected chi connectivity index (χ2v) is 3.90. The summed E-state index contributed by atoms with van der Waals surface area (Å²) < 4.78 is 0. The first-order chi connectivity index (χ1) is 8.16. The first kappa shape index (κ1) is 11.5. The molecule has 0 saturated carbocycles. The molecule has 0 saturated heterocycles. The summed E-state index contributed by atoms with van der Waals surface area (Å²) in [6.45, 7) is 0. The molecule has 0 bridgehead atoms. The van der Waals surface area contributed by atoms with E-state index in [0.717, 1.165) is 11.1 Å². The number of aliphatic imine (C=N–C) groups is 1. The van der Waals surface area contributed by atoms with Crippen molar-refractivity contribution in [1.82, 2.24) is 10.9 Å². The normalized spacial score (nSPS) is 13.4. The zero-order valence-electron chi connectivity index (χ0n) is 8.90. The van der Waals surface area contributed by atoms with E-state index >= 15 is 0 Å². The van der Waals surface area contributed by atoms with Crippen LogP contribution in [0, 0.1) is 0 Å². The molecule has 0 fully saturated rings. The van der Waals surface area contributed by atoms with Crippen molar-refractivity contribution in [3.63, 3.8) is 0 Å². The summed E-state index contributed by atoms with van der Waals surface area (Å²) in [5.41, 5.74) is 11.9. The van der Waals surface area contributed by atoms with Gasteiger partial charge in [0.1, 0.15) is 5.84 Å². The number of benzene rings is 1. The quantitative estimate of drug-likeness (QED) is 0.609. The Morgan fingerprint density at radius 2 is 2.29 bits per heavy atom. The monoisotopic (exact) mass is 250 g/mol. The number of rotatable bonds is 0. The zero-order valence-corrected chi connectivity index (χ0v) is 9.66. The molecule has 5 nitrogen and oxygen atoms in total. The summed E-state index contributed by atoms with van der Waals surface area (Å²) in [5.74, 6) is 0.598. The summed E-state index contributed by atoms with van der Waals surface area (Å²) in [6, 6.07) is 5.00. The standard InChI is InChI=1S/C11H11ClN4O/c12-9-3-1-2-7-6-10(15-16-11(13)17)14-5-4-8(7)9/h1-5H,6H2,(H,14,15)(H3,13,16,17). The van der Waals surface area contributed by atoms with Crippen LogP contribution >= 0.6 is 11.6 Å². The van der Waals surface area contributed by atoms with Crippen LogP contribution < -0.4 is 16.6 Å². The number of carbonyl (C=O) groups excluding carboxylic acids is 1. The van der Waals surface area contributed by atoms with Gasteiger partial charge in [-0.05, 0) is 23.3 Å². The summed E-state index contributed by atoms with van der Waals surface area (Å²) in [7, 11) is 0. The second-order valence-electron chi connectivity index (χ2n) is 3.50. The molecule has 0 atom stereocenters. The van der Waals surface area contributed by atoms with Crippen LogP contribution in [-0.2, 0) is 6.42 Å². The topological polar surface area (TPSA) is 79.5 Å². The van der Waals surface area contributed by atoms with Crippen molar-refractivity contribution in [2.45, 2.75) is 6.42 Å². The number of hydrazine groups is 1. The fourth-order valence-electron chi connectivity index (χ4n) is 1.56. The van der Waals surface area contributed by atoms with Crippen LogP contribution in [0.5, 0.6) is 0 Å². The summed E-state index contributed by atoms with van der Waals surface area (Å²) in [4.78, 5) is 14.7. The Labute approximate surface area is 103 Å². The van der Waals surface area contributed by atoms with Crippen LogP contribution in [0.3, 0.4) is 0 Å². The lowest BCUT2D eigenvalue weighted by atomic mass is 10.0. The minimum absolute atomic E-state index is 0.545. The van der Waals surface area contributed by atoms with Gasteiger partial charge in [-0.25, -0.2) is 9.79 Å². The van der Waals surface area contributed by atoms with E-state index in [1.54, 1.807) is 6.20 Å². The summed E-state index contributed by atoms with van der Waals surface area (Å²) >= 11 is 6.08. The van der Waals surface area contributed by atoms with Crippen molar-refractivity contribution in [3.8, 4) is 0 Å². The van der Waals surface area contributed by atoms with Gasteiger partial charge in [0.15, 0.2) is 0 Å². The van der Waals surface area contributed by atoms with Gasteiger partial charge >= 0.3 is 6.03 Å². The third-order valence-electron chi connectivity index (χ3n) is 2.30. The van der Waals surface area contributed by atoms with Gasteiger partial charge < -0.3 is 5.73 Å². The van der Waals surface area contributed by atoms with Crippen LogP contribution in [0.2, 0.25) is 5.02 Å². The fourth-order valence-corrected chi connectivity index (χ4v) is 1.82. The van der Waals surface area contributed by atoms with E-state index < -0.39 is 6.03 Å². The maximum Gasteiger partial charge on any atom is 0.330 e. The fraction of sp³-hybridized carbons (Fsp3) is 0.0909. The number of nitrogens with one attached hydrogen (secondary N) is 2. The Balaban J connectivity index is 2.20. The van der Waals surface area contributed by atoms with Gasteiger partial charge in [-0.3, -0.25) is 10.9 Å². The largest absolute Gasteiger partial charge is 0.350 e. The smallest absolute Gasteiger partial charge is 0.330 e. The van der Waals surface area contributed by atoms with Gasteiger partial charge in [-0.1, -0.05) is 23.7 Å². The van der Waals surface area contributed by atoms with Crippen molar-refractivity contribution in [2.24, 2.45) is 10.7 Å². The van der Waals surface area contributed by atoms with Crippen LogP contribution in [-0.4, -0.2) is 11.9 Å². The highest BCUT2D eigenvalue weighted by Crippen LogP contribution is 2.23.